The number of hydrogen-bond acceptors (Lipinski definition) is 5. The van der Waals surface area contributed by atoms with Crippen LogP contribution < -0.4 is 5.32 Å². The SMILES string of the molecule is CCOC(=O)CCCCCNCc1nc(C)c(C)o1. The van der Waals surface area contributed by atoms with Gasteiger partial charge in [-0.2, -0.15) is 0 Å². The second-order valence-corrected chi connectivity index (χ2v) is 4.54. The van der Waals surface area contributed by atoms with Gasteiger partial charge < -0.3 is 14.5 Å². The molecule has 0 aliphatic rings. The van der Waals surface area contributed by atoms with Gasteiger partial charge in [-0.1, -0.05) is 6.42 Å². The second kappa shape index (κ2) is 8.69. The third-order valence-corrected chi connectivity index (χ3v) is 2.89. The molecular formula is C14H24N2O3. The van der Waals surface area contributed by atoms with Crippen LogP contribution >= 0.6 is 0 Å². The van der Waals surface area contributed by atoms with Crippen molar-refractivity contribution in [1.29, 1.82) is 0 Å². The lowest BCUT2D eigenvalue weighted by molar-refractivity contribution is -0.143. The minimum Gasteiger partial charge on any atom is -0.466 e. The van der Waals surface area contributed by atoms with Gasteiger partial charge in [0, 0.05) is 6.42 Å². The smallest absolute Gasteiger partial charge is 0.305 e. The quantitative estimate of drug-likeness (QED) is 0.550. The number of aryl methyl sites for hydroxylation is 2. The van der Waals surface area contributed by atoms with E-state index < -0.39 is 0 Å². The number of hydrogen-bond donors (Lipinski definition) is 1. The first kappa shape index (κ1) is 15.7. The zero-order chi connectivity index (χ0) is 14.1. The molecule has 0 aliphatic heterocycles. The molecule has 1 aromatic rings. The number of esters is 1. The van der Waals surface area contributed by atoms with Crippen LogP contribution in [-0.2, 0) is 16.1 Å². The molecule has 0 unspecified atom stereocenters. The molecule has 1 N–H and O–H groups in total. The van der Waals surface area contributed by atoms with Gasteiger partial charge in [-0.15, -0.1) is 0 Å². The van der Waals surface area contributed by atoms with Crippen LogP contribution in [0.3, 0.4) is 0 Å². The van der Waals surface area contributed by atoms with Crippen LogP contribution in [0, 0.1) is 13.8 Å². The van der Waals surface area contributed by atoms with Gasteiger partial charge in [0.05, 0.1) is 18.8 Å². The van der Waals surface area contributed by atoms with E-state index in [2.05, 4.69) is 10.3 Å². The van der Waals surface area contributed by atoms with Gasteiger partial charge in [-0.25, -0.2) is 4.98 Å². The zero-order valence-corrected chi connectivity index (χ0v) is 12.1. The number of unbranched alkanes of at least 4 members (excludes halogenated alkanes) is 2. The molecule has 1 heterocycles. The normalized spacial score (nSPS) is 10.7. The monoisotopic (exact) mass is 268 g/mol. The highest BCUT2D eigenvalue weighted by Crippen LogP contribution is 2.07. The Kier molecular flexibility index (Phi) is 7.18. The van der Waals surface area contributed by atoms with E-state index in [4.69, 9.17) is 9.15 Å². The van der Waals surface area contributed by atoms with Gasteiger partial charge in [-0.05, 0) is 40.2 Å². The minimum absolute atomic E-state index is 0.0961. The van der Waals surface area contributed by atoms with Crippen molar-refractivity contribution in [1.82, 2.24) is 10.3 Å². The molecule has 0 aliphatic carbocycles. The predicted octanol–water partition coefficient (Wildman–Crippen LogP) is 2.50. The van der Waals surface area contributed by atoms with E-state index in [0.29, 0.717) is 19.6 Å². The number of aromatic nitrogens is 1. The van der Waals surface area contributed by atoms with Gasteiger partial charge in [0.15, 0.2) is 0 Å². The summed E-state index contributed by atoms with van der Waals surface area (Å²) >= 11 is 0. The largest absolute Gasteiger partial charge is 0.466 e. The maximum Gasteiger partial charge on any atom is 0.305 e. The summed E-state index contributed by atoms with van der Waals surface area (Å²) in [7, 11) is 0. The van der Waals surface area contributed by atoms with Crippen LogP contribution in [0.5, 0.6) is 0 Å². The van der Waals surface area contributed by atoms with Crippen molar-refractivity contribution in [2.45, 2.75) is 53.0 Å². The summed E-state index contributed by atoms with van der Waals surface area (Å²) in [6.45, 7) is 7.72. The highest BCUT2D eigenvalue weighted by molar-refractivity contribution is 5.69. The fourth-order valence-electron chi connectivity index (χ4n) is 1.74. The number of rotatable bonds is 9. The topological polar surface area (TPSA) is 64.4 Å². The first-order valence-corrected chi connectivity index (χ1v) is 6.92. The molecule has 1 aromatic heterocycles. The van der Waals surface area contributed by atoms with E-state index in [1.165, 1.54) is 0 Å². The Balaban J connectivity index is 1.98. The van der Waals surface area contributed by atoms with Gasteiger partial charge in [0.2, 0.25) is 5.89 Å². The van der Waals surface area contributed by atoms with Crippen LogP contribution in [0.25, 0.3) is 0 Å². The molecule has 0 amide bonds. The van der Waals surface area contributed by atoms with Gasteiger partial charge in [0.25, 0.3) is 0 Å². The third kappa shape index (κ3) is 6.38. The summed E-state index contributed by atoms with van der Waals surface area (Å²) in [6, 6.07) is 0. The van der Waals surface area contributed by atoms with E-state index in [-0.39, 0.29) is 5.97 Å². The lowest BCUT2D eigenvalue weighted by atomic mass is 10.2. The zero-order valence-electron chi connectivity index (χ0n) is 12.1. The van der Waals surface area contributed by atoms with Crippen molar-refractivity contribution in [3.05, 3.63) is 17.3 Å². The summed E-state index contributed by atoms with van der Waals surface area (Å²) in [4.78, 5) is 15.4. The van der Waals surface area contributed by atoms with Crippen molar-refractivity contribution in [3.8, 4) is 0 Å². The summed E-state index contributed by atoms with van der Waals surface area (Å²) in [5, 5.41) is 3.28. The average molecular weight is 268 g/mol. The van der Waals surface area contributed by atoms with Gasteiger partial charge in [0.1, 0.15) is 5.76 Å². The molecule has 0 bridgehead atoms. The molecule has 0 saturated heterocycles. The maximum absolute atomic E-state index is 11.1. The van der Waals surface area contributed by atoms with Crippen molar-refractivity contribution >= 4 is 5.97 Å². The van der Waals surface area contributed by atoms with Crippen molar-refractivity contribution in [3.63, 3.8) is 0 Å². The van der Waals surface area contributed by atoms with Crippen LogP contribution in [0.1, 0.15) is 50.0 Å². The predicted molar refractivity (Wildman–Crippen MR) is 72.8 cm³/mol. The molecule has 0 atom stereocenters. The number of carbonyl (C=O) groups is 1. The minimum atomic E-state index is -0.0961. The summed E-state index contributed by atoms with van der Waals surface area (Å²) in [6.07, 6.45) is 3.47. The first-order valence-electron chi connectivity index (χ1n) is 6.92. The molecule has 1 rings (SSSR count). The fourth-order valence-corrected chi connectivity index (χ4v) is 1.74. The van der Waals surface area contributed by atoms with E-state index in [9.17, 15) is 4.79 Å². The number of carbonyl (C=O) groups excluding carboxylic acids is 1. The summed E-state index contributed by atoms with van der Waals surface area (Å²) in [5.41, 5.74) is 0.950. The first-order chi connectivity index (χ1) is 9.13. The van der Waals surface area contributed by atoms with E-state index >= 15 is 0 Å². The van der Waals surface area contributed by atoms with Gasteiger partial charge >= 0.3 is 5.97 Å². The Labute approximate surface area is 114 Å². The van der Waals surface area contributed by atoms with E-state index in [1.807, 2.05) is 20.8 Å². The van der Waals surface area contributed by atoms with Crippen LogP contribution in [-0.4, -0.2) is 24.1 Å². The molecule has 108 valence electrons. The Hall–Kier alpha value is -1.36. The van der Waals surface area contributed by atoms with Crippen LogP contribution in [0.2, 0.25) is 0 Å². The Morgan fingerprint density at radius 1 is 1.32 bits per heavy atom. The van der Waals surface area contributed by atoms with Crippen molar-refractivity contribution in [2.24, 2.45) is 0 Å². The molecular weight excluding hydrogens is 244 g/mol. The van der Waals surface area contributed by atoms with E-state index in [1.54, 1.807) is 0 Å². The summed E-state index contributed by atoms with van der Waals surface area (Å²) < 4.78 is 10.3. The average Bonchev–Trinajstić information content (AvgIpc) is 2.68. The lowest BCUT2D eigenvalue weighted by Gasteiger charge is -2.03. The van der Waals surface area contributed by atoms with Crippen molar-refractivity contribution in [2.75, 3.05) is 13.2 Å². The molecule has 0 spiro atoms. The van der Waals surface area contributed by atoms with E-state index in [0.717, 1.165) is 43.2 Å². The third-order valence-electron chi connectivity index (χ3n) is 2.89. The summed E-state index contributed by atoms with van der Waals surface area (Å²) in [5.74, 6) is 1.52. The number of nitrogens with zero attached hydrogens (tertiary/aromatic N) is 1. The van der Waals surface area contributed by atoms with Gasteiger partial charge in [-0.3, -0.25) is 4.79 Å². The highest BCUT2D eigenvalue weighted by atomic mass is 16.5. The molecule has 0 aromatic carbocycles. The second-order valence-electron chi connectivity index (χ2n) is 4.54. The Bertz CT molecular complexity index is 369. The molecule has 19 heavy (non-hydrogen) atoms. The number of ether oxygens (including phenoxy) is 1. The Morgan fingerprint density at radius 2 is 2.11 bits per heavy atom. The van der Waals surface area contributed by atoms with Crippen LogP contribution in [0.4, 0.5) is 0 Å². The number of nitrogens with one attached hydrogen (secondary N) is 1. The molecule has 0 radical (unpaired) electrons. The lowest BCUT2D eigenvalue weighted by Crippen LogP contribution is -2.15. The molecule has 0 saturated carbocycles. The fraction of sp³-hybridized carbons (Fsp3) is 0.714. The van der Waals surface area contributed by atoms with Crippen LogP contribution in [0.15, 0.2) is 4.42 Å². The standard InChI is InChI=1S/C14H24N2O3/c1-4-18-14(17)8-6-5-7-9-15-10-13-16-11(2)12(3)19-13/h15H,4-10H2,1-3H3. The molecule has 5 nitrogen and oxygen atoms in total. The Morgan fingerprint density at radius 3 is 2.74 bits per heavy atom. The molecule has 5 heteroatoms. The highest BCUT2D eigenvalue weighted by Gasteiger charge is 2.04. The van der Waals surface area contributed by atoms with Crippen molar-refractivity contribution < 1.29 is 13.9 Å². The molecule has 0 fully saturated rings. The maximum atomic E-state index is 11.1. The number of oxazole rings is 1.